The van der Waals surface area contributed by atoms with Crippen LogP contribution in [0.5, 0.6) is 0 Å². The summed E-state index contributed by atoms with van der Waals surface area (Å²) in [5.41, 5.74) is 2.22. The van der Waals surface area contributed by atoms with E-state index >= 15 is 0 Å². The number of amides is 1. The Balaban J connectivity index is 1.60. The fourth-order valence-electron chi connectivity index (χ4n) is 2.57. The maximum absolute atomic E-state index is 12.5. The van der Waals surface area contributed by atoms with Crippen LogP contribution >= 0.6 is 34.4 Å². The average Bonchev–Trinajstić information content (AvgIpc) is 2.71. The van der Waals surface area contributed by atoms with Crippen molar-refractivity contribution < 1.29 is 13.2 Å². The van der Waals surface area contributed by atoms with Gasteiger partial charge in [-0.1, -0.05) is 17.7 Å². The molecule has 0 saturated heterocycles. The normalized spacial score (nSPS) is 12.2. The average molecular weight is 552 g/mol. The van der Waals surface area contributed by atoms with Crippen molar-refractivity contribution in [1.82, 2.24) is 0 Å². The Labute approximate surface area is 194 Å². The highest BCUT2D eigenvalue weighted by molar-refractivity contribution is 14.1. The molecule has 1 amide bonds. The minimum atomic E-state index is -3.64. The first kappa shape index (κ1) is 22.6. The van der Waals surface area contributed by atoms with Crippen LogP contribution in [0, 0.1) is 10.5 Å². The summed E-state index contributed by atoms with van der Waals surface area (Å²) in [4.78, 5) is 13.5. The van der Waals surface area contributed by atoms with Crippen LogP contribution in [-0.4, -0.2) is 19.6 Å². The summed E-state index contributed by atoms with van der Waals surface area (Å²) >= 11 is 3.62. The second kappa shape index (κ2) is 9.84. The lowest BCUT2D eigenvalue weighted by molar-refractivity contribution is -0.115. The maximum Gasteiger partial charge on any atom is 0.261 e. The van der Waals surface area contributed by atoms with Gasteiger partial charge in [0, 0.05) is 19.8 Å². The first-order chi connectivity index (χ1) is 14.2. The molecule has 5 nitrogen and oxygen atoms in total. The molecule has 0 fully saturated rings. The Bertz CT molecular complexity index is 1110. The van der Waals surface area contributed by atoms with E-state index in [0.29, 0.717) is 5.69 Å². The van der Waals surface area contributed by atoms with Crippen LogP contribution in [0.15, 0.2) is 82.6 Å². The predicted octanol–water partition coefficient (Wildman–Crippen LogP) is 5.52. The van der Waals surface area contributed by atoms with Crippen molar-refractivity contribution in [1.29, 1.82) is 0 Å². The Kier molecular flexibility index (Phi) is 7.43. The molecule has 0 aliphatic carbocycles. The van der Waals surface area contributed by atoms with Gasteiger partial charge in [-0.2, -0.15) is 0 Å². The molecule has 3 rings (SSSR count). The van der Waals surface area contributed by atoms with Crippen molar-refractivity contribution >= 4 is 61.7 Å². The number of carbonyl (C=O) groups is 1. The fraction of sp³-hybridized carbons (Fsp3) is 0.136. The molecular weight excluding hydrogens is 531 g/mol. The third kappa shape index (κ3) is 6.23. The number of carbonyl (C=O) groups excluding carboxylic acids is 1. The standard InChI is InChI=1S/C22H21IN2O3S2/c1-15-3-13-21(14-4-15)30(27,28)25-19-9-11-20(12-10-19)29-16(2)22(26)24-18-7-5-17(23)6-8-18/h3-14,16,25H,1-2H3,(H,24,26). The number of thioether (sulfide) groups is 1. The second-order valence-corrected chi connectivity index (χ2v) is 11.0. The predicted molar refractivity (Wildman–Crippen MR) is 132 cm³/mol. The molecule has 1 atom stereocenters. The number of aryl methyl sites for hydroxylation is 1. The summed E-state index contributed by atoms with van der Waals surface area (Å²) in [6, 6.07) is 21.3. The highest BCUT2D eigenvalue weighted by Crippen LogP contribution is 2.26. The molecule has 8 heteroatoms. The Morgan fingerprint density at radius 3 is 2.07 bits per heavy atom. The number of halogens is 1. The summed E-state index contributed by atoms with van der Waals surface area (Å²) in [5.74, 6) is -0.0923. The lowest BCUT2D eigenvalue weighted by Crippen LogP contribution is -2.22. The van der Waals surface area contributed by atoms with E-state index in [4.69, 9.17) is 0 Å². The minimum absolute atomic E-state index is 0.0923. The van der Waals surface area contributed by atoms with E-state index in [9.17, 15) is 13.2 Å². The van der Waals surface area contributed by atoms with Crippen LogP contribution in [0.3, 0.4) is 0 Å². The van der Waals surface area contributed by atoms with E-state index < -0.39 is 10.0 Å². The summed E-state index contributed by atoms with van der Waals surface area (Å²) in [7, 11) is -3.64. The van der Waals surface area contributed by atoms with Crippen molar-refractivity contribution in [3.8, 4) is 0 Å². The van der Waals surface area contributed by atoms with Crippen LogP contribution in [0.2, 0.25) is 0 Å². The molecule has 2 N–H and O–H groups in total. The van der Waals surface area contributed by atoms with Crippen LogP contribution < -0.4 is 10.0 Å². The van der Waals surface area contributed by atoms with E-state index in [1.54, 1.807) is 48.5 Å². The summed E-state index contributed by atoms with van der Waals surface area (Å²) in [6.07, 6.45) is 0. The zero-order chi connectivity index (χ0) is 21.7. The highest BCUT2D eigenvalue weighted by atomic mass is 127. The summed E-state index contributed by atoms with van der Waals surface area (Å²) < 4.78 is 28.7. The number of anilines is 2. The highest BCUT2D eigenvalue weighted by Gasteiger charge is 2.16. The first-order valence-electron chi connectivity index (χ1n) is 9.15. The first-order valence-corrected chi connectivity index (χ1v) is 12.6. The van der Waals surface area contributed by atoms with Crippen molar-refractivity contribution in [2.75, 3.05) is 10.0 Å². The third-order valence-corrected chi connectivity index (χ3v) is 7.46. The van der Waals surface area contributed by atoms with Crippen molar-refractivity contribution in [2.45, 2.75) is 28.9 Å². The largest absolute Gasteiger partial charge is 0.325 e. The van der Waals surface area contributed by atoms with Gasteiger partial charge in [-0.05, 0) is 97.1 Å². The van der Waals surface area contributed by atoms with Crippen molar-refractivity contribution in [3.05, 3.63) is 81.9 Å². The molecule has 0 radical (unpaired) electrons. The van der Waals surface area contributed by atoms with Gasteiger partial charge in [0.1, 0.15) is 0 Å². The topological polar surface area (TPSA) is 75.3 Å². The Hall–Kier alpha value is -2.04. The van der Waals surface area contributed by atoms with Gasteiger partial charge in [-0.3, -0.25) is 9.52 Å². The quantitative estimate of drug-likeness (QED) is 0.299. The molecule has 3 aromatic rings. The van der Waals surface area contributed by atoms with Gasteiger partial charge in [-0.25, -0.2) is 8.42 Å². The van der Waals surface area contributed by atoms with Crippen LogP contribution in [0.4, 0.5) is 11.4 Å². The van der Waals surface area contributed by atoms with Gasteiger partial charge >= 0.3 is 0 Å². The summed E-state index contributed by atoms with van der Waals surface area (Å²) in [5, 5.41) is 2.59. The monoisotopic (exact) mass is 552 g/mol. The number of hydrogen-bond acceptors (Lipinski definition) is 4. The van der Waals surface area contributed by atoms with Gasteiger partial charge in [0.2, 0.25) is 5.91 Å². The third-order valence-electron chi connectivity index (χ3n) is 4.23. The molecule has 0 heterocycles. The molecule has 0 bridgehead atoms. The molecule has 30 heavy (non-hydrogen) atoms. The van der Waals surface area contributed by atoms with Crippen molar-refractivity contribution in [3.63, 3.8) is 0 Å². The van der Waals surface area contributed by atoms with E-state index in [2.05, 4.69) is 32.6 Å². The Morgan fingerprint density at radius 1 is 0.900 bits per heavy atom. The molecular formula is C22H21IN2O3S2. The van der Waals surface area contributed by atoms with E-state index in [-0.39, 0.29) is 16.1 Å². The number of rotatable bonds is 7. The molecule has 0 aliphatic heterocycles. The number of benzene rings is 3. The number of sulfonamides is 1. The second-order valence-electron chi connectivity index (χ2n) is 6.70. The molecule has 156 valence electrons. The Morgan fingerprint density at radius 2 is 1.47 bits per heavy atom. The zero-order valence-electron chi connectivity index (χ0n) is 16.4. The van der Waals surface area contributed by atoms with E-state index in [1.807, 2.05) is 38.1 Å². The van der Waals surface area contributed by atoms with Gasteiger partial charge < -0.3 is 5.32 Å². The van der Waals surface area contributed by atoms with Crippen LogP contribution in [0.1, 0.15) is 12.5 Å². The molecule has 0 aromatic heterocycles. The number of hydrogen-bond donors (Lipinski definition) is 2. The molecule has 0 spiro atoms. The zero-order valence-corrected chi connectivity index (χ0v) is 20.2. The van der Waals surface area contributed by atoms with Crippen molar-refractivity contribution in [2.24, 2.45) is 0 Å². The molecule has 0 aliphatic rings. The van der Waals surface area contributed by atoms with Crippen LogP contribution in [-0.2, 0) is 14.8 Å². The lowest BCUT2D eigenvalue weighted by atomic mass is 10.2. The molecule has 0 saturated carbocycles. The molecule has 3 aromatic carbocycles. The van der Waals surface area contributed by atoms with Gasteiger partial charge in [-0.15, -0.1) is 11.8 Å². The van der Waals surface area contributed by atoms with E-state index in [1.165, 1.54) is 11.8 Å². The van der Waals surface area contributed by atoms with Gasteiger partial charge in [0.05, 0.1) is 10.1 Å². The van der Waals surface area contributed by atoms with E-state index in [0.717, 1.165) is 19.7 Å². The van der Waals surface area contributed by atoms with Gasteiger partial charge in [0.25, 0.3) is 10.0 Å². The lowest BCUT2D eigenvalue weighted by Gasteiger charge is -2.13. The van der Waals surface area contributed by atoms with Crippen LogP contribution in [0.25, 0.3) is 0 Å². The smallest absolute Gasteiger partial charge is 0.261 e. The van der Waals surface area contributed by atoms with Gasteiger partial charge in [0.15, 0.2) is 0 Å². The molecule has 1 unspecified atom stereocenters. The SMILES string of the molecule is Cc1ccc(S(=O)(=O)Nc2ccc(SC(C)C(=O)Nc3ccc(I)cc3)cc2)cc1. The summed E-state index contributed by atoms with van der Waals surface area (Å²) in [6.45, 7) is 3.74. The fourth-order valence-corrected chi connectivity index (χ4v) is 4.85. The number of nitrogens with one attached hydrogen (secondary N) is 2. The minimum Gasteiger partial charge on any atom is -0.325 e. The maximum atomic E-state index is 12.5.